The van der Waals surface area contributed by atoms with Crippen LogP contribution in [0.4, 0.5) is 0 Å². The number of carbonyl (C=O) groups excluding carboxylic acids is 1. The fourth-order valence-electron chi connectivity index (χ4n) is 3.15. The number of carboxylic acids is 1. The number of ether oxygens (including phenoxy) is 2. The van der Waals surface area contributed by atoms with E-state index in [1.54, 1.807) is 30.2 Å². The highest BCUT2D eigenvalue weighted by Gasteiger charge is 2.39. The smallest absolute Gasteiger partial charge is 0.311 e. The summed E-state index contributed by atoms with van der Waals surface area (Å²) in [4.78, 5) is 29.9. The first kappa shape index (κ1) is 16.7. The number of pyridine rings is 1. The van der Waals surface area contributed by atoms with Gasteiger partial charge in [0.15, 0.2) is 0 Å². The number of carboxylic acid groups (broad SMARTS) is 1. The van der Waals surface area contributed by atoms with Gasteiger partial charge in [0.2, 0.25) is 5.88 Å². The number of aromatic nitrogens is 1. The zero-order valence-corrected chi connectivity index (χ0v) is 13.7. The highest BCUT2D eigenvalue weighted by atomic mass is 16.5. The van der Waals surface area contributed by atoms with Gasteiger partial charge in [-0.1, -0.05) is 0 Å². The molecule has 2 aliphatic rings. The summed E-state index contributed by atoms with van der Waals surface area (Å²) in [5.41, 5.74) is -0.421. The molecule has 3 rings (SSSR count). The van der Waals surface area contributed by atoms with Gasteiger partial charge in [-0.2, -0.15) is 0 Å². The summed E-state index contributed by atoms with van der Waals surface area (Å²) >= 11 is 0. The lowest BCUT2D eigenvalue weighted by atomic mass is 9.82. The van der Waals surface area contributed by atoms with Gasteiger partial charge in [0.1, 0.15) is 6.10 Å². The molecule has 24 heavy (non-hydrogen) atoms. The first-order valence-electron chi connectivity index (χ1n) is 8.21. The maximum Gasteiger partial charge on any atom is 0.311 e. The molecule has 0 radical (unpaired) electrons. The Morgan fingerprint density at radius 3 is 3.04 bits per heavy atom. The summed E-state index contributed by atoms with van der Waals surface area (Å²) in [6.07, 6.45) is 3.58. The zero-order chi connectivity index (χ0) is 17.2. The molecule has 2 aliphatic heterocycles. The standard InChI is InChI=1S/C17H22N2O5/c1-17(16(21)22)5-2-7-19(11-17)15(20)12-3-6-18-14(9-12)24-13-4-8-23-10-13/h3,6,9,13H,2,4-5,7-8,10-11H2,1H3,(H,21,22). The van der Waals surface area contributed by atoms with E-state index in [0.29, 0.717) is 44.0 Å². The van der Waals surface area contributed by atoms with Gasteiger partial charge in [0.05, 0.1) is 18.6 Å². The van der Waals surface area contributed by atoms with Crippen molar-refractivity contribution in [3.63, 3.8) is 0 Å². The van der Waals surface area contributed by atoms with Gasteiger partial charge in [-0.15, -0.1) is 0 Å². The predicted octanol–water partition coefficient (Wildman–Crippen LogP) is 1.58. The Labute approximate surface area is 140 Å². The topological polar surface area (TPSA) is 89.0 Å². The number of likely N-dealkylation sites (tertiary alicyclic amines) is 1. The van der Waals surface area contributed by atoms with Crippen molar-refractivity contribution >= 4 is 11.9 Å². The van der Waals surface area contributed by atoms with E-state index >= 15 is 0 Å². The Balaban J connectivity index is 1.71. The average Bonchev–Trinajstić information content (AvgIpc) is 3.07. The van der Waals surface area contributed by atoms with Crippen LogP contribution < -0.4 is 4.74 Å². The molecule has 0 bridgehead atoms. The van der Waals surface area contributed by atoms with E-state index in [2.05, 4.69) is 4.98 Å². The Morgan fingerprint density at radius 1 is 1.50 bits per heavy atom. The van der Waals surface area contributed by atoms with E-state index in [1.807, 2.05) is 0 Å². The van der Waals surface area contributed by atoms with Crippen LogP contribution in [-0.2, 0) is 9.53 Å². The second-order valence-electron chi connectivity index (χ2n) is 6.68. The normalized spacial score (nSPS) is 27.0. The Kier molecular flexibility index (Phi) is 4.71. The van der Waals surface area contributed by atoms with Crippen LogP contribution in [0.1, 0.15) is 36.5 Å². The quantitative estimate of drug-likeness (QED) is 0.899. The van der Waals surface area contributed by atoms with Crippen LogP contribution in [-0.4, -0.2) is 59.3 Å². The number of carbonyl (C=O) groups is 2. The molecule has 7 heteroatoms. The lowest BCUT2D eigenvalue weighted by Crippen LogP contribution is -2.48. The number of aliphatic carboxylic acids is 1. The molecule has 2 fully saturated rings. The molecule has 2 unspecified atom stereocenters. The van der Waals surface area contributed by atoms with Crippen LogP contribution in [0.25, 0.3) is 0 Å². The number of nitrogens with zero attached hydrogens (tertiary/aromatic N) is 2. The van der Waals surface area contributed by atoms with Crippen molar-refractivity contribution in [1.82, 2.24) is 9.88 Å². The Bertz CT molecular complexity index is 629. The van der Waals surface area contributed by atoms with Gasteiger partial charge in [0, 0.05) is 37.3 Å². The fourth-order valence-corrected chi connectivity index (χ4v) is 3.15. The minimum absolute atomic E-state index is 0.0341. The third-order valence-electron chi connectivity index (χ3n) is 4.66. The summed E-state index contributed by atoms with van der Waals surface area (Å²) in [7, 11) is 0. The third-order valence-corrected chi connectivity index (χ3v) is 4.66. The lowest BCUT2D eigenvalue weighted by molar-refractivity contribution is -0.150. The molecule has 0 spiro atoms. The van der Waals surface area contributed by atoms with E-state index in [0.717, 1.165) is 6.42 Å². The second kappa shape index (κ2) is 6.76. The van der Waals surface area contributed by atoms with Gasteiger partial charge in [-0.25, -0.2) is 4.98 Å². The van der Waals surface area contributed by atoms with E-state index in [-0.39, 0.29) is 18.6 Å². The Hall–Kier alpha value is -2.15. The van der Waals surface area contributed by atoms with Crippen molar-refractivity contribution in [3.05, 3.63) is 23.9 Å². The highest BCUT2D eigenvalue weighted by Crippen LogP contribution is 2.30. The van der Waals surface area contributed by atoms with Gasteiger partial charge in [-0.3, -0.25) is 9.59 Å². The molecule has 1 amide bonds. The first-order valence-corrected chi connectivity index (χ1v) is 8.21. The molecule has 130 valence electrons. The van der Waals surface area contributed by atoms with Crippen LogP contribution in [0.2, 0.25) is 0 Å². The molecule has 1 N–H and O–H groups in total. The summed E-state index contributed by atoms with van der Waals surface area (Å²) in [5, 5.41) is 9.39. The van der Waals surface area contributed by atoms with Crippen molar-refractivity contribution in [3.8, 4) is 5.88 Å². The highest BCUT2D eigenvalue weighted by molar-refractivity contribution is 5.95. The average molecular weight is 334 g/mol. The van der Waals surface area contributed by atoms with Gasteiger partial charge < -0.3 is 19.5 Å². The summed E-state index contributed by atoms with van der Waals surface area (Å²) < 4.78 is 11.0. The lowest BCUT2D eigenvalue weighted by Gasteiger charge is -2.37. The third kappa shape index (κ3) is 3.51. The van der Waals surface area contributed by atoms with E-state index in [9.17, 15) is 14.7 Å². The van der Waals surface area contributed by atoms with Crippen LogP contribution in [0, 0.1) is 5.41 Å². The molecular weight excluding hydrogens is 312 g/mol. The SMILES string of the molecule is CC1(C(=O)O)CCCN(C(=O)c2ccnc(OC3CCOC3)c2)C1. The van der Waals surface area contributed by atoms with E-state index in [1.165, 1.54) is 0 Å². The van der Waals surface area contributed by atoms with Crippen LogP contribution in [0.15, 0.2) is 18.3 Å². The molecule has 2 atom stereocenters. The van der Waals surface area contributed by atoms with Gasteiger partial charge in [-0.05, 0) is 25.8 Å². The zero-order valence-electron chi connectivity index (χ0n) is 13.7. The van der Waals surface area contributed by atoms with Crippen molar-refractivity contribution in [2.24, 2.45) is 5.41 Å². The monoisotopic (exact) mass is 334 g/mol. The minimum Gasteiger partial charge on any atom is -0.481 e. The molecular formula is C17H22N2O5. The second-order valence-corrected chi connectivity index (χ2v) is 6.68. The Morgan fingerprint density at radius 2 is 2.33 bits per heavy atom. The van der Waals surface area contributed by atoms with Crippen LogP contribution in [0.5, 0.6) is 5.88 Å². The number of piperidine rings is 1. The summed E-state index contributed by atoms with van der Waals surface area (Å²) in [6.45, 7) is 3.68. The molecule has 0 saturated carbocycles. The van der Waals surface area contributed by atoms with Gasteiger partial charge in [0.25, 0.3) is 5.91 Å². The molecule has 1 aromatic heterocycles. The molecule has 7 nitrogen and oxygen atoms in total. The van der Waals surface area contributed by atoms with Crippen molar-refractivity contribution < 1.29 is 24.2 Å². The molecule has 1 aromatic rings. The summed E-state index contributed by atoms with van der Waals surface area (Å²) in [6, 6.07) is 3.25. The largest absolute Gasteiger partial charge is 0.481 e. The van der Waals surface area contributed by atoms with Crippen molar-refractivity contribution in [2.45, 2.75) is 32.3 Å². The maximum absolute atomic E-state index is 12.7. The van der Waals surface area contributed by atoms with E-state index < -0.39 is 11.4 Å². The van der Waals surface area contributed by atoms with E-state index in [4.69, 9.17) is 9.47 Å². The van der Waals surface area contributed by atoms with Crippen LogP contribution in [0.3, 0.4) is 0 Å². The molecule has 0 aliphatic carbocycles. The minimum atomic E-state index is -0.887. The first-order chi connectivity index (χ1) is 11.5. The number of hydrogen-bond donors (Lipinski definition) is 1. The predicted molar refractivity (Wildman–Crippen MR) is 85.0 cm³/mol. The number of amides is 1. The fraction of sp³-hybridized carbons (Fsp3) is 0.588. The molecule has 0 aromatic carbocycles. The van der Waals surface area contributed by atoms with Crippen molar-refractivity contribution in [2.75, 3.05) is 26.3 Å². The number of hydrogen-bond acceptors (Lipinski definition) is 5. The number of rotatable bonds is 4. The summed E-state index contributed by atoms with van der Waals surface area (Å²) in [5.74, 6) is -0.647. The van der Waals surface area contributed by atoms with Crippen LogP contribution >= 0.6 is 0 Å². The van der Waals surface area contributed by atoms with Crippen molar-refractivity contribution in [1.29, 1.82) is 0 Å². The maximum atomic E-state index is 12.7. The molecule has 3 heterocycles. The molecule has 2 saturated heterocycles. The van der Waals surface area contributed by atoms with Gasteiger partial charge >= 0.3 is 5.97 Å².